The van der Waals surface area contributed by atoms with Crippen molar-refractivity contribution < 1.29 is 20.4 Å². The molecule has 0 rings (SSSR count). The summed E-state index contributed by atoms with van der Waals surface area (Å²) < 4.78 is 0. The fraction of sp³-hybridized carbons (Fsp3) is 0.500. The van der Waals surface area contributed by atoms with Gasteiger partial charge in [-0.05, 0) is 6.92 Å². The van der Waals surface area contributed by atoms with Crippen LogP contribution in [0.4, 0.5) is 0 Å². The second kappa shape index (κ2) is 16.4. The van der Waals surface area contributed by atoms with Gasteiger partial charge in [-0.1, -0.05) is 0 Å². The second-order valence-electron chi connectivity index (χ2n) is 0.492. The van der Waals surface area contributed by atoms with Crippen LogP contribution in [0.15, 0.2) is 0 Å². The van der Waals surface area contributed by atoms with Gasteiger partial charge in [0.05, 0.1) is 0 Å². The van der Waals surface area contributed by atoms with Gasteiger partial charge in [-0.3, -0.25) is 0 Å². The van der Waals surface area contributed by atoms with Crippen molar-refractivity contribution in [2.45, 2.75) is 6.92 Å². The van der Waals surface area contributed by atoms with Gasteiger partial charge in [0.25, 0.3) is 0 Å². The molecule has 0 spiro atoms. The van der Waals surface area contributed by atoms with Crippen LogP contribution in [0.3, 0.4) is 0 Å². The molecule has 0 aliphatic carbocycles. The summed E-state index contributed by atoms with van der Waals surface area (Å²) in [4.78, 5) is 8.89. The second-order valence-corrected chi connectivity index (χ2v) is 0.492. The smallest absolute Gasteiger partial charge is 0.727 e. The Balaban J connectivity index is -0.0000000480. The van der Waals surface area contributed by atoms with Crippen molar-refractivity contribution in [2.75, 3.05) is 0 Å². The first-order valence-electron chi connectivity index (χ1n) is 1.09. The fourth-order valence-corrected chi connectivity index (χ4v) is 0. The number of carboxylic acid groups (broad SMARTS) is 1. The fourth-order valence-electron chi connectivity index (χ4n) is 0. The molecule has 4 nitrogen and oxygen atoms in total. The summed E-state index contributed by atoms with van der Waals surface area (Å²) in [5.74, 6) is -1.08. The minimum atomic E-state index is -1.08. The SMILES string of the molecule is CC(=O)[O-].[Mg+2].[O-]O. The van der Waals surface area contributed by atoms with E-state index in [1.807, 2.05) is 0 Å². The molecule has 0 aliphatic heterocycles. The molecule has 1 N–H and O–H groups in total. The summed E-state index contributed by atoms with van der Waals surface area (Å²) in [7, 11) is 0. The number of carbonyl (C=O) groups excluding carboxylic acids is 1. The van der Waals surface area contributed by atoms with E-state index in [9.17, 15) is 0 Å². The molecular weight excluding hydrogens is 112 g/mol. The number of rotatable bonds is 0. The van der Waals surface area contributed by atoms with Gasteiger partial charge in [-0.15, -0.1) is 0 Å². The molecule has 0 fully saturated rings. The van der Waals surface area contributed by atoms with E-state index in [1.165, 1.54) is 0 Å². The molecule has 0 unspecified atom stereocenters. The van der Waals surface area contributed by atoms with Gasteiger partial charge in [-0.2, -0.15) is 0 Å². The predicted molar refractivity (Wildman–Crippen MR) is 19.1 cm³/mol. The number of hydrogen-bond donors (Lipinski definition) is 1. The van der Waals surface area contributed by atoms with Gasteiger partial charge in [-0.25, -0.2) is 0 Å². The van der Waals surface area contributed by atoms with Crippen molar-refractivity contribution in [3.05, 3.63) is 0 Å². The monoisotopic (exact) mass is 116 g/mol. The maximum Gasteiger partial charge on any atom is 2.00 e. The third kappa shape index (κ3) is 4360. The van der Waals surface area contributed by atoms with E-state index >= 15 is 0 Å². The van der Waals surface area contributed by atoms with E-state index in [0.717, 1.165) is 6.92 Å². The van der Waals surface area contributed by atoms with Gasteiger partial charge >= 0.3 is 23.1 Å². The Morgan fingerprint density at radius 2 is 1.57 bits per heavy atom. The van der Waals surface area contributed by atoms with Gasteiger partial charge in [0.2, 0.25) is 0 Å². The molecule has 0 saturated carbocycles. The molecule has 7 heavy (non-hydrogen) atoms. The standard InChI is InChI=1S/C2H4O2.Mg.H2O2/c1-2(3)4;;1-2/h1H3,(H,3,4);;1-2H/q;+2;/p-2. The van der Waals surface area contributed by atoms with Crippen molar-refractivity contribution in [1.82, 2.24) is 0 Å². The normalized spacial score (nSPS) is 4.43. The summed E-state index contributed by atoms with van der Waals surface area (Å²) in [6.07, 6.45) is 0. The minimum absolute atomic E-state index is 0. The summed E-state index contributed by atoms with van der Waals surface area (Å²) in [5, 5.41) is 21.9. The average molecular weight is 116 g/mol. The van der Waals surface area contributed by atoms with Gasteiger partial charge in [0, 0.05) is 5.97 Å². The zero-order chi connectivity index (χ0) is 5.58. The number of carboxylic acids is 1. The molecule has 0 heterocycles. The van der Waals surface area contributed by atoms with Crippen LogP contribution < -0.4 is 10.4 Å². The molecule has 38 valence electrons. The van der Waals surface area contributed by atoms with E-state index in [1.54, 1.807) is 0 Å². The largest absolute Gasteiger partial charge is 2.00 e. The summed E-state index contributed by atoms with van der Waals surface area (Å²) >= 11 is 0. The van der Waals surface area contributed by atoms with E-state index in [-0.39, 0.29) is 23.1 Å². The molecule has 0 radical (unpaired) electrons. The molecule has 5 heteroatoms. The topological polar surface area (TPSA) is 83.4 Å². The van der Waals surface area contributed by atoms with Crippen LogP contribution in [0.2, 0.25) is 0 Å². The molecule has 0 aromatic rings. The first-order valence-corrected chi connectivity index (χ1v) is 1.09. The zero-order valence-corrected chi connectivity index (χ0v) is 5.29. The van der Waals surface area contributed by atoms with Gasteiger partial charge in [0.15, 0.2) is 0 Å². The molecule has 0 aliphatic rings. The molecule has 0 bridgehead atoms. The van der Waals surface area contributed by atoms with Crippen LogP contribution in [0.5, 0.6) is 0 Å². The van der Waals surface area contributed by atoms with Crippen molar-refractivity contribution in [3.8, 4) is 0 Å². The predicted octanol–water partition coefficient (Wildman–Crippen LogP) is -2.80. The Morgan fingerprint density at radius 1 is 1.57 bits per heavy atom. The summed E-state index contributed by atoms with van der Waals surface area (Å²) in [5.41, 5.74) is 0. The summed E-state index contributed by atoms with van der Waals surface area (Å²) in [6, 6.07) is 0. The molecular formula is C2H4MgO4. The van der Waals surface area contributed by atoms with Crippen LogP contribution >= 0.6 is 0 Å². The molecule has 0 aromatic carbocycles. The van der Waals surface area contributed by atoms with Crippen LogP contribution in [-0.2, 0) is 4.79 Å². The van der Waals surface area contributed by atoms with Crippen LogP contribution in [0.25, 0.3) is 0 Å². The van der Waals surface area contributed by atoms with E-state index in [2.05, 4.69) is 0 Å². The molecule has 0 saturated heterocycles. The first-order chi connectivity index (χ1) is 2.73. The van der Waals surface area contributed by atoms with Crippen molar-refractivity contribution in [3.63, 3.8) is 0 Å². The zero-order valence-electron chi connectivity index (χ0n) is 3.88. The van der Waals surface area contributed by atoms with Crippen LogP contribution in [0.1, 0.15) is 6.92 Å². The Labute approximate surface area is 56.9 Å². The first kappa shape index (κ1) is 15.7. The van der Waals surface area contributed by atoms with Crippen molar-refractivity contribution in [2.24, 2.45) is 0 Å². The molecule has 0 atom stereocenters. The van der Waals surface area contributed by atoms with Gasteiger partial charge < -0.3 is 20.4 Å². The van der Waals surface area contributed by atoms with E-state index in [4.69, 9.17) is 20.4 Å². The Hall–Kier alpha value is 0.156. The Bertz CT molecular complexity index is 32.7. The van der Waals surface area contributed by atoms with E-state index in [0.29, 0.717) is 0 Å². The number of hydrogen-bond acceptors (Lipinski definition) is 4. The third-order valence-electron chi connectivity index (χ3n) is 0. The van der Waals surface area contributed by atoms with Crippen LogP contribution in [-0.4, -0.2) is 34.3 Å². The minimum Gasteiger partial charge on any atom is -0.727 e. The maximum atomic E-state index is 8.89. The van der Waals surface area contributed by atoms with Gasteiger partial charge in [0.1, 0.15) is 0 Å². The summed E-state index contributed by atoms with van der Waals surface area (Å²) in [6.45, 7) is 0.972. The number of carbonyl (C=O) groups is 1. The molecule has 0 amide bonds. The third-order valence-corrected chi connectivity index (χ3v) is 0. The van der Waals surface area contributed by atoms with Crippen molar-refractivity contribution in [1.29, 1.82) is 0 Å². The Morgan fingerprint density at radius 3 is 1.57 bits per heavy atom. The van der Waals surface area contributed by atoms with Crippen molar-refractivity contribution >= 4 is 29.0 Å². The molecule has 0 aromatic heterocycles. The maximum absolute atomic E-state index is 8.89. The number of aliphatic carboxylic acids is 1. The quantitative estimate of drug-likeness (QED) is 0.210. The van der Waals surface area contributed by atoms with E-state index < -0.39 is 5.97 Å². The Kier molecular flexibility index (Phi) is 36.9. The average Bonchev–Trinajstić information content (AvgIpc) is 1.41. The van der Waals surface area contributed by atoms with Crippen LogP contribution in [0, 0.1) is 0 Å².